The van der Waals surface area contributed by atoms with Crippen LogP contribution in [0.5, 0.6) is 0 Å². The Balaban J connectivity index is 2.34. The van der Waals surface area contributed by atoms with Crippen molar-refractivity contribution in [1.29, 1.82) is 0 Å². The Morgan fingerprint density at radius 2 is 1.29 bits per heavy atom. The highest BCUT2D eigenvalue weighted by Crippen LogP contribution is 2.16. The van der Waals surface area contributed by atoms with Crippen LogP contribution >= 0.6 is 0 Å². The van der Waals surface area contributed by atoms with Gasteiger partial charge in [-0.25, -0.2) is 0 Å². The fourth-order valence-electron chi connectivity index (χ4n) is 1.46. The minimum absolute atomic E-state index is 0.884. The van der Waals surface area contributed by atoms with Crippen LogP contribution in [0.1, 0.15) is 0 Å². The minimum Gasteiger partial charge on any atom is -0.0688 e. The van der Waals surface area contributed by atoms with Crippen LogP contribution in [0.3, 0.4) is 0 Å². The Hall–Kier alpha value is -1.34. The molecule has 0 amide bonds. The van der Waals surface area contributed by atoms with Crippen molar-refractivity contribution in [2.75, 3.05) is 0 Å². The van der Waals surface area contributed by atoms with E-state index in [0.717, 1.165) is 9.52 Å². The van der Waals surface area contributed by atoms with E-state index in [-0.39, 0.29) is 0 Å². The summed E-state index contributed by atoms with van der Waals surface area (Å²) in [4.78, 5) is 0. The van der Waals surface area contributed by atoms with Crippen LogP contribution < -0.4 is 5.19 Å². The van der Waals surface area contributed by atoms with E-state index >= 15 is 0 Å². The summed E-state index contributed by atoms with van der Waals surface area (Å²) in [6.07, 6.45) is 0. The first-order valence-electron chi connectivity index (χ1n) is 4.73. The van der Waals surface area contributed by atoms with Crippen molar-refractivity contribution in [3.63, 3.8) is 0 Å². The quantitative estimate of drug-likeness (QED) is 0.648. The van der Waals surface area contributed by atoms with Crippen molar-refractivity contribution in [3.05, 3.63) is 54.6 Å². The number of rotatable bonds is 2. The Labute approximate surface area is 87.4 Å². The van der Waals surface area contributed by atoms with Gasteiger partial charge in [-0.1, -0.05) is 66.3 Å². The summed E-state index contributed by atoms with van der Waals surface area (Å²) in [7, 11) is 0.884. The molecule has 2 aromatic rings. The monoisotopic (exact) mass is 196 g/mol. The molecule has 0 aliphatic carbocycles. The molecule has 0 atom stereocenters. The Bertz CT molecular complexity index is 389. The van der Waals surface area contributed by atoms with Crippen molar-refractivity contribution in [3.8, 4) is 11.1 Å². The van der Waals surface area contributed by atoms with E-state index in [1.165, 1.54) is 16.3 Å². The molecule has 0 aliphatic heterocycles. The third-order valence-electron chi connectivity index (χ3n) is 2.28. The van der Waals surface area contributed by atoms with Crippen LogP contribution in [0.15, 0.2) is 54.6 Å². The van der Waals surface area contributed by atoms with Gasteiger partial charge < -0.3 is 0 Å². The van der Waals surface area contributed by atoms with Gasteiger partial charge in [0.15, 0.2) is 0 Å². The van der Waals surface area contributed by atoms with E-state index in [1.54, 1.807) is 0 Å². The van der Waals surface area contributed by atoms with Crippen molar-refractivity contribution in [2.45, 2.75) is 6.55 Å². The normalized spacial score (nSPS) is 10.1. The maximum Gasteiger partial charge on any atom is 0.0773 e. The van der Waals surface area contributed by atoms with E-state index in [4.69, 9.17) is 0 Å². The maximum absolute atomic E-state index is 2.21. The molecule has 0 aliphatic rings. The average Bonchev–Trinajstić information content (AvgIpc) is 2.30. The lowest BCUT2D eigenvalue weighted by atomic mass is 10.1. The highest BCUT2D eigenvalue weighted by atomic mass is 28.2. The third-order valence-corrected chi connectivity index (χ3v) is 3.19. The van der Waals surface area contributed by atoms with Crippen LogP contribution in [0, 0.1) is 0 Å². The number of hydrogen-bond donors (Lipinski definition) is 0. The second-order valence-electron chi connectivity index (χ2n) is 3.19. The summed E-state index contributed by atoms with van der Waals surface area (Å²) >= 11 is 0. The van der Waals surface area contributed by atoms with E-state index < -0.39 is 0 Å². The summed E-state index contributed by atoms with van der Waals surface area (Å²) in [5.74, 6) is 0. The molecule has 1 heteroatoms. The summed E-state index contributed by atoms with van der Waals surface area (Å²) in [5.41, 5.74) is 2.59. The van der Waals surface area contributed by atoms with Gasteiger partial charge in [0.05, 0.1) is 9.52 Å². The first kappa shape index (κ1) is 9.22. The highest BCUT2D eigenvalue weighted by Gasteiger charge is 1.95. The van der Waals surface area contributed by atoms with Crippen LogP contribution in [0.2, 0.25) is 6.55 Å². The van der Waals surface area contributed by atoms with Gasteiger partial charge in [0.2, 0.25) is 0 Å². The molecule has 0 fully saturated rings. The lowest BCUT2D eigenvalue weighted by molar-refractivity contribution is 1.63. The Morgan fingerprint density at radius 1 is 0.714 bits per heavy atom. The van der Waals surface area contributed by atoms with E-state index in [0.29, 0.717) is 0 Å². The number of hydrogen-bond acceptors (Lipinski definition) is 0. The molecule has 0 spiro atoms. The van der Waals surface area contributed by atoms with Crippen molar-refractivity contribution in [2.24, 2.45) is 0 Å². The van der Waals surface area contributed by atoms with Gasteiger partial charge in [-0.3, -0.25) is 0 Å². The van der Waals surface area contributed by atoms with Crippen molar-refractivity contribution >= 4 is 14.7 Å². The SMILES string of the molecule is C[Si]c1ccc(-c2ccccc2)cc1. The zero-order valence-electron chi connectivity index (χ0n) is 8.20. The number of benzene rings is 2. The maximum atomic E-state index is 2.21. The van der Waals surface area contributed by atoms with Crippen LogP contribution in [0.25, 0.3) is 11.1 Å². The molecule has 0 nitrogen and oxygen atoms in total. The molecule has 0 saturated carbocycles. The molecule has 0 bridgehead atoms. The Kier molecular flexibility index (Phi) is 2.80. The van der Waals surface area contributed by atoms with E-state index in [2.05, 4.69) is 55.1 Å². The van der Waals surface area contributed by atoms with Gasteiger partial charge >= 0.3 is 0 Å². The van der Waals surface area contributed by atoms with E-state index in [9.17, 15) is 0 Å². The lowest BCUT2D eigenvalue weighted by Gasteiger charge is -2.01. The first-order valence-corrected chi connectivity index (χ1v) is 6.23. The van der Waals surface area contributed by atoms with Crippen LogP contribution in [-0.4, -0.2) is 9.52 Å². The summed E-state index contributed by atoms with van der Waals surface area (Å²) in [5, 5.41) is 1.42. The minimum atomic E-state index is 0.884. The molecule has 14 heavy (non-hydrogen) atoms. The van der Waals surface area contributed by atoms with Crippen LogP contribution in [0.4, 0.5) is 0 Å². The van der Waals surface area contributed by atoms with Gasteiger partial charge in [0.1, 0.15) is 0 Å². The Morgan fingerprint density at radius 3 is 1.86 bits per heavy atom. The second kappa shape index (κ2) is 4.25. The molecule has 68 valence electrons. The topological polar surface area (TPSA) is 0 Å². The first-order chi connectivity index (χ1) is 6.90. The van der Waals surface area contributed by atoms with E-state index in [1.807, 2.05) is 6.07 Å². The fourth-order valence-corrected chi connectivity index (χ4v) is 1.96. The summed E-state index contributed by atoms with van der Waals surface area (Å²) < 4.78 is 0. The standard InChI is InChI=1S/C13H12Si/c1-14-13-9-7-12(8-10-13)11-5-3-2-4-6-11/h2-10H,1H3. The zero-order valence-corrected chi connectivity index (χ0v) is 9.20. The highest BCUT2D eigenvalue weighted by molar-refractivity contribution is 6.51. The zero-order chi connectivity index (χ0) is 9.80. The third kappa shape index (κ3) is 1.94. The molecule has 0 aromatic heterocycles. The molecule has 2 radical (unpaired) electrons. The van der Waals surface area contributed by atoms with Gasteiger partial charge in [-0.15, -0.1) is 0 Å². The molecule has 0 heterocycles. The average molecular weight is 196 g/mol. The summed E-state index contributed by atoms with van der Waals surface area (Å²) in [6, 6.07) is 19.3. The predicted molar refractivity (Wildman–Crippen MR) is 63.1 cm³/mol. The molecule has 0 unspecified atom stereocenters. The van der Waals surface area contributed by atoms with Gasteiger partial charge in [-0.05, 0) is 11.1 Å². The fraction of sp³-hybridized carbons (Fsp3) is 0.0769. The van der Waals surface area contributed by atoms with Gasteiger partial charge in [-0.2, -0.15) is 0 Å². The molecule has 0 saturated heterocycles. The predicted octanol–water partition coefficient (Wildman–Crippen LogP) is 2.73. The molecule has 0 N–H and O–H groups in total. The van der Waals surface area contributed by atoms with Crippen molar-refractivity contribution < 1.29 is 0 Å². The van der Waals surface area contributed by atoms with Gasteiger partial charge in [0, 0.05) is 0 Å². The smallest absolute Gasteiger partial charge is 0.0688 e. The molecular weight excluding hydrogens is 184 g/mol. The van der Waals surface area contributed by atoms with Crippen molar-refractivity contribution in [1.82, 2.24) is 0 Å². The van der Waals surface area contributed by atoms with Gasteiger partial charge in [0.25, 0.3) is 0 Å². The molecule has 2 aromatic carbocycles. The largest absolute Gasteiger partial charge is 0.0773 e. The molecule has 2 rings (SSSR count). The lowest BCUT2D eigenvalue weighted by Crippen LogP contribution is -2.08. The second-order valence-corrected chi connectivity index (χ2v) is 4.27. The summed E-state index contributed by atoms with van der Waals surface area (Å²) in [6.45, 7) is 2.21. The van der Waals surface area contributed by atoms with Crippen LogP contribution in [-0.2, 0) is 0 Å². The molecular formula is C13H12Si.